The molecule has 0 aliphatic heterocycles. The minimum atomic E-state index is -0.323. The lowest BCUT2D eigenvalue weighted by molar-refractivity contribution is 0.0943. The number of aromatic amines is 1. The summed E-state index contributed by atoms with van der Waals surface area (Å²) < 4.78 is 10.7. The van der Waals surface area contributed by atoms with Gasteiger partial charge in [0.05, 0.1) is 19.7 Å². The van der Waals surface area contributed by atoms with Crippen LogP contribution in [0, 0.1) is 0 Å². The highest BCUT2D eigenvalue weighted by Gasteiger charge is 2.17. The molecule has 0 saturated heterocycles. The van der Waals surface area contributed by atoms with Crippen LogP contribution in [0.4, 0.5) is 0 Å². The molecular formula is C24H23N5O4. The monoisotopic (exact) mass is 445 g/mol. The summed E-state index contributed by atoms with van der Waals surface area (Å²) in [4.78, 5) is 29.3. The third kappa shape index (κ3) is 4.33. The summed E-state index contributed by atoms with van der Waals surface area (Å²) in [6, 6.07) is 14.7. The minimum absolute atomic E-state index is 0.223. The van der Waals surface area contributed by atoms with Gasteiger partial charge in [0.15, 0.2) is 5.69 Å². The van der Waals surface area contributed by atoms with Gasteiger partial charge in [-0.2, -0.15) is 5.10 Å². The number of benzene rings is 2. The maximum Gasteiger partial charge on any atom is 0.272 e. The predicted molar refractivity (Wildman–Crippen MR) is 123 cm³/mol. The number of aromatic nitrogens is 3. The number of para-hydroxylation sites is 1. The van der Waals surface area contributed by atoms with E-state index in [-0.39, 0.29) is 17.7 Å². The van der Waals surface area contributed by atoms with Gasteiger partial charge in [-0.25, -0.2) is 4.98 Å². The molecule has 2 aromatic carbocycles. The number of ether oxygens (including phenoxy) is 2. The number of nitrogens with zero attached hydrogens (tertiary/aromatic N) is 2. The van der Waals surface area contributed by atoms with Gasteiger partial charge in [0.25, 0.3) is 11.8 Å². The van der Waals surface area contributed by atoms with E-state index in [0.29, 0.717) is 34.5 Å². The van der Waals surface area contributed by atoms with E-state index in [9.17, 15) is 9.59 Å². The fourth-order valence-electron chi connectivity index (χ4n) is 3.55. The Morgan fingerprint density at radius 1 is 1.00 bits per heavy atom. The summed E-state index contributed by atoms with van der Waals surface area (Å²) in [5.41, 5.74) is 3.71. The first-order valence-electron chi connectivity index (χ1n) is 10.2. The van der Waals surface area contributed by atoms with Gasteiger partial charge in [-0.3, -0.25) is 14.7 Å². The van der Waals surface area contributed by atoms with Gasteiger partial charge in [-0.05, 0) is 29.8 Å². The molecule has 0 spiro atoms. The third-order valence-corrected chi connectivity index (χ3v) is 5.26. The second kappa shape index (κ2) is 9.39. The Morgan fingerprint density at radius 2 is 1.82 bits per heavy atom. The highest BCUT2D eigenvalue weighted by atomic mass is 16.5. The van der Waals surface area contributed by atoms with E-state index in [2.05, 4.69) is 25.8 Å². The molecule has 0 radical (unpaired) electrons. The van der Waals surface area contributed by atoms with Crippen molar-refractivity contribution in [3.8, 4) is 22.8 Å². The SMILES string of the molecule is CNC(=O)c1n[nH]c2cc(-c3cnc(OC)c(C(=O)NCc4ccccc4OC)c3)ccc12. The molecule has 0 atom stereocenters. The molecule has 0 aliphatic rings. The number of carbonyl (C=O) groups is 2. The van der Waals surface area contributed by atoms with Crippen molar-refractivity contribution in [1.82, 2.24) is 25.8 Å². The molecule has 0 bridgehead atoms. The molecule has 4 rings (SSSR count). The third-order valence-electron chi connectivity index (χ3n) is 5.26. The van der Waals surface area contributed by atoms with E-state index in [1.807, 2.05) is 42.5 Å². The average Bonchev–Trinajstić information content (AvgIpc) is 3.29. The fourth-order valence-corrected chi connectivity index (χ4v) is 3.55. The van der Waals surface area contributed by atoms with Crippen LogP contribution in [0.5, 0.6) is 11.6 Å². The Hall–Kier alpha value is -4.40. The second-order valence-electron chi connectivity index (χ2n) is 7.19. The molecular weight excluding hydrogens is 422 g/mol. The first-order chi connectivity index (χ1) is 16.0. The van der Waals surface area contributed by atoms with Crippen molar-refractivity contribution in [1.29, 1.82) is 0 Å². The lowest BCUT2D eigenvalue weighted by atomic mass is 10.0. The number of amides is 2. The van der Waals surface area contributed by atoms with Crippen LogP contribution in [-0.2, 0) is 6.54 Å². The Kier molecular flexibility index (Phi) is 6.21. The molecule has 0 aliphatic carbocycles. The van der Waals surface area contributed by atoms with Crippen LogP contribution in [0.1, 0.15) is 26.4 Å². The number of pyridine rings is 1. The Labute approximate surface area is 190 Å². The summed E-state index contributed by atoms with van der Waals surface area (Å²) in [6.07, 6.45) is 1.63. The molecule has 168 valence electrons. The summed E-state index contributed by atoms with van der Waals surface area (Å²) in [5, 5.41) is 13.1. The molecule has 0 saturated carbocycles. The zero-order valence-corrected chi connectivity index (χ0v) is 18.4. The second-order valence-corrected chi connectivity index (χ2v) is 7.19. The molecule has 4 aromatic rings. The standard InChI is InChI=1S/C24H23N5O4/c1-25-23(31)21-17-9-8-14(11-19(17)28-29-21)16-10-18(24(33-3)27-13-16)22(30)26-12-15-6-4-5-7-20(15)32-2/h4-11,13H,12H2,1-3H3,(H,25,31)(H,26,30)(H,28,29). The normalized spacial score (nSPS) is 10.6. The summed E-state index contributed by atoms with van der Waals surface area (Å²) in [6.45, 7) is 0.290. The number of rotatable bonds is 7. The van der Waals surface area contributed by atoms with Gasteiger partial charge >= 0.3 is 0 Å². The lowest BCUT2D eigenvalue weighted by Gasteiger charge is -2.12. The summed E-state index contributed by atoms with van der Waals surface area (Å²) >= 11 is 0. The van der Waals surface area contributed by atoms with Crippen LogP contribution in [-0.4, -0.2) is 48.3 Å². The molecule has 0 fully saturated rings. The van der Waals surface area contributed by atoms with E-state index < -0.39 is 0 Å². The minimum Gasteiger partial charge on any atom is -0.496 e. The smallest absolute Gasteiger partial charge is 0.272 e. The van der Waals surface area contributed by atoms with Crippen molar-refractivity contribution in [2.24, 2.45) is 0 Å². The quantitative estimate of drug-likeness (QED) is 0.403. The summed E-state index contributed by atoms with van der Waals surface area (Å²) in [5.74, 6) is 0.326. The zero-order valence-electron chi connectivity index (χ0n) is 18.4. The number of fused-ring (bicyclic) bond motifs is 1. The Balaban J connectivity index is 1.62. The van der Waals surface area contributed by atoms with Crippen LogP contribution in [0.25, 0.3) is 22.0 Å². The Bertz CT molecular complexity index is 1330. The van der Waals surface area contributed by atoms with E-state index in [1.165, 1.54) is 7.11 Å². The fraction of sp³-hybridized carbons (Fsp3) is 0.167. The van der Waals surface area contributed by atoms with E-state index in [4.69, 9.17) is 9.47 Å². The molecule has 9 nitrogen and oxygen atoms in total. The molecule has 2 amide bonds. The van der Waals surface area contributed by atoms with Gasteiger partial charge in [-0.15, -0.1) is 0 Å². The van der Waals surface area contributed by atoms with Crippen molar-refractivity contribution in [3.05, 3.63) is 71.5 Å². The van der Waals surface area contributed by atoms with Gasteiger partial charge in [0.1, 0.15) is 11.3 Å². The van der Waals surface area contributed by atoms with Crippen LogP contribution in [0.2, 0.25) is 0 Å². The van der Waals surface area contributed by atoms with Crippen molar-refractivity contribution < 1.29 is 19.1 Å². The molecule has 33 heavy (non-hydrogen) atoms. The summed E-state index contributed by atoms with van der Waals surface area (Å²) in [7, 11) is 4.61. The first kappa shape index (κ1) is 21.8. The van der Waals surface area contributed by atoms with Crippen molar-refractivity contribution in [3.63, 3.8) is 0 Å². The van der Waals surface area contributed by atoms with Crippen LogP contribution < -0.4 is 20.1 Å². The zero-order chi connectivity index (χ0) is 23.4. The first-order valence-corrected chi connectivity index (χ1v) is 10.2. The molecule has 3 N–H and O–H groups in total. The molecule has 2 heterocycles. The average molecular weight is 445 g/mol. The van der Waals surface area contributed by atoms with Crippen molar-refractivity contribution >= 4 is 22.7 Å². The van der Waals surface area contributed by atoms with Gasteiger partial charge in [-0.1, -0.05) is 24.3 Å². The Morgan fingerprint density at radius 3 is 2.58 bits per heavy atom. The predicted octanol–water partition coefficient (Wildman–Crippen LogP) is 2.93. The number of hydrogen-bond acceptors (Lipinski definition) is 6. The van der Waals surface area contributed by atoms with Gasteiger partial charge in [0, 0.05) is 36.3 Å². The van der Waals surface area contributed by atoms with Crippen LogP contribution in [0.3, 0.4) is 0 Å². The maximum absolute atomic E-state index is 13.0. The number of H-pyrrole nitrogens is 1. The van der Waals surface area contributed by atoms with Gasteiger partial charge < -0.3 is 20.1 Å². The van der Waals surface area contributed by atoms with E-state index >= 15 is 0 Å². The highest BCUT2D eigenvalue weighted by Crippen LogP contribution is 2.28. The van der Waals surface area contributed by atoms with Crippen molar-refractivity contribution in [2.75, 3.05) is 21.3 Å². The maximum atomic E-state index is 13.0. The highest BCUT2D eigenvalue weighted by molar-refractivity contribution is 6.05. The van der Waals surface area contributed by atoms with E-state index in [0.717, 1.165) is 16.7 Å². The molecule has 0 unspecified atom stereocenters. The van der Waals surface area contributed by atoms with E-state index in [1.54, 1.807) is 26.4 Å². The number of nitrogens with one attached hydrogen (secondary N) is 3. The van der Waals surface area contributed by atoms with Crippen molar-refractivity contribution in [2.45, 2.75) is 6.54 Å². The lowest BCUT2D eigenvalue weighted by Crippen LogP contribution is -2.24. The van der Waals surface area contributed by atoms with Crippen LogP contribution in [0.15, 0.2) is 54.7 Å². The van der Waals surface area contributed by atoms with Crippen LogP contribution >= 0.6 is 0 Å². The number of carbonyl (C=O) groups excluding carboxylic acids is 2. The topological polar surface area (TPSA) is 118 Å². The van der Waals surface area contributed by atoms with Gasteiger partial charge in [0.2, 0.25) is 5.88 Å². The number of methoxy groups -OCH3 is 2. The largest absolute Gasteiger partial charge is 0.496 e. The number of hydrogen-bond donors (Lipinski definition) is 3. The molecule has 9 heteroatoms. The molecule has 2 aromatic heterocycles.